The van der Waals surface area contributed by atoms with Gasteiger partial charge in [0, 0.05) is 54.8 Å². The third-order valence-electron chi connectivity index (χ3n) is 4.95. The number of pyridine rings is 2. The summed E-state index contributed by atoms with van der Waals surface area (Å²) in [6.45, 7) is 0.983. The van der Waals surface area contributed by atoms with E-state index in [1.807, 2.05) is 24.3 Å². The first kappa shape index (κ1) is 18.2. The number of aromatic nitrogens is 2. The highest BCUT2D eigenvalue weighted by Crippen LogP contribution is 2.27. The second kappa shape index (κ2) is 8.22. The van der Waals surface area contributed by atoms with Crippen molar-refractivity contribution in [2.45, 2.75) is 31.5 Å². The molecule has 7 heteroatoms. The predicted octanol–water partition coefficient (Wildman–Crippen LogP) is 2.64. The number of H-pyrrole nitrogens is 1. The number of nitrogens with one attached hydrogen (secondary N) is 3. The molecule has 1 aromatic carbocycles. The largest absolute Gasteiger partial charge is 0.373 e. The maximum Gasteiger partial charge on any atom is 0.315 e. The number of aromatic amines is 1. The highest BCUT2D eigenvalue weighted by Gasteiger charge is 2.25. The molecular weight excluding hydrogens is 356 g/mol. The molecule has 1 fully saturated rings. The van der Waals surface area contributed by atoms with Crippen molar-refractivity contribution in [3.8, 4) is 0 Å². The average Bonchev–Trinajstić information content (AvgIpc) is 2.73. The SMILES string of the molecule is O=C(NCc1ccc2c(=O)cc[nH]c2c1)NC1CCOC(c2cccnc2)C1. The van der Waals surface area contributed by atoms with E-state index in [1.165, 1.54) is 6.07 Å². The van der Waals surface area contributed by atoms with Crippen molar-refractivity contribution >= 4 is 16.9 Å². The van der Waals surface area contributed by atoms with E-state index in [1.54, 1.807) is 24.7 Å². The summed E-state index contributed by atoms with van der Waals surface area (Å²) in [4.78, 5) is 31.3. The van der Waals surface area contributed by atoms with Crippen LogP contribution in [-0.2, 0) is 11.3 Å². The first-order valence-corrected chi connectivity index (χ1v) is 9.35. The first-order valence-electron chi connectivity index (χ1n) is 9.35. The minimum atomic E-state index is -0.210. The second-order valence-electron chi connectivity index (χ2n) is 6.92. The third-order valence-corrected chi connectivity index (χ3v) is 4.95. The van der Waals surface area contributed by atoms with Crippen LogP contribution in [-0.4, -0.2) is 28.6 Å². The molecule has 144 valence electrons. The Balaban J connectivity index is 1.32. The van der Waals surface area contributed by atoms with E-state index in [-0.39, 0.29) is 23.6 Å². The van der Waals surface area contributed by atoms with Crippen molar-refractivity contribution in [3.05, 3.63) is 76.3 Å². The molecule has 0 saturated carbocycles. The van der Waals surface area contributed by atoms with Gasteiger partial charge in [0.15, 0.2) is 5.43 Å². The fourth-order valence-corrected chi connectivity index (χ4v) is 3.48. The van der Waals surface area contributed by atoms with Gasteiger partial charge in [0.1, 0.15) is 0 Å². The Morgan fingerprint density at radius 3 is 3.07 bits per heavy atom. The van der Waals surface area contributed by atoms with Crippen LogP contribution in [0.1, 0.15) is 30.1 Å². The number of carbonyl (C=O) groups is 1. The minimum absolute atomic E-state index is 0.0197. The first-order chi connectivity index (χ1) is 13.7. The second-order valence-corrected chi connectivity index (χ2v) is 6.92. The van der Waals surface area contributed by atoms with Crippen LogP contribution in [0.4, 0.5) is 4.79 Å². The highest BCUT2D eigenvalue weighted by molar-refractivity contribution is 5.79. The third kappa shape index (κ3) is 4.20. The Bertz CT molecular complexity index is 1020. The van der Waals surface area contributed by atoms with E-state index in [0.29, 0.717) is 18.5 Å². The monoisotopic (exact) mass is 378 g/mol. The molecule has 0 aliphatic carbocycles. The molecule has 2 aromatic heterocycles. The number of amides is 2. The van der Waals surface area contributed by atoms with Crippen molar-refractivity contribution in [1.29, 1.82) is 0 Å². The summed E-state index contributed by atoms with van der Waals surface area (Å²) in [5.74, 6) is 0. The summed E-state index contributed by atoms with van der Waals surface area (Å²) in [5, 5.41) is 6.55. The molecular formula is C21H22N4O3. The molecule has 1 saturated heterocycles. The van der Waals surface area contributed by atoms with Gasteiger partial charge in [-0.3, -0.25) is 9.78 Å². The van der Waals surface area contributed by atoms with Crippen LogP contribution in [0.2, 0.25) is 0 Å². The average molecular weight is 378 g/mol. The number of carbonyl (C=O) groups excluding carboxylic acids is 1. The number of urea groups is 1. The lowest BCUT2D eigenvalue weighted by Gasteiger charge is -2.30. The molecule has 0 bridgehead atoms. The van der Waals surface area contributed by atoms with Crippen LogP contribution in [0.15, 0.2) is 59.8 Å². The Hall–Kier alpha value is -3.19. The Labute approximate surface area is 162 Å². The van der Waals surface area contributed by atoms with E-state index in [9.17, 15) is 9.59 Å². The van der Waals surface area contributed by atoms with Crippen LogP contribution in [0.3, 0.4) is 0 Å². The zero-order chi connectivity index (χ0) is 19.3. The highest BCUT2D eigenvalue weighted by atomic mass is 16.5. The van der Waals surface area contributed by atoms with Gasteiger partial charge in [-0.25, -0.2) is 4.79 Å². The molecule has 2 amide bonds. The van der Waals surface area contributed by atoms with Crippen molar-refractivity contribution < 1.29 is 9.53 Å². The van der Waals surface area contributed by atoms with Gasteiger partial charge in [-0.15, -0.1) is 0 Å². The molecule has 7 nitrogen and oxygen atoms in total. The maximum atomic E-state index is 12.3. The van der Waals surface area contributed by atoms with Crippen molar-refractivity contribution in [2.24, 2.45) is 0 Å². The van der Waals surface area contributed by atoms with Crippen molar-refractivity contribution in [3.63, 3.8) is 0 Å². The van der Waals surface area contributed by atoms with Gasteiger partial charge in [-0.2, -0.15) is 0 Å². The molecule has 2 atom stereocenters. The van der Waals surface area contributed by atoms with E-state index in [2.05, 4.69) is 20.6 Å². The van der Waals surface area contributed by atoms with Crippen LogP contribution >= 0.6 is 0 Å². The topological polar surface area (TPSA) is 96.1 Å². The summed E-state index contributed by atoms with van der Waals surface area (Å²) >= 11 is 0. The summed E-state index contributed by atoms with van der Waals surface area (Å²) in [6, 6.07) is 10.7. The molecule has 3 heterocycles. The molecule has 4 rings (SSSR count). The minimum Gasteiger partial charge on any atom is -0.373 e. The predicted molar refractivity (Wildman–Crippen MR) is 106 cm³/mol. The molecule has 0 spiro atoms. The Morgan fingerprint density at radius 2 is 2.21 bits per heavy atom. The lowest BCUT2D eigenvalue weighted by molar-refractivity contribution is 0.00207. The standard InChI is InChI=1S/C21H22N4O3/c26-19-5-8-23-18-10-14(3-4-17(18)19)12-24-21(27)25-16-6-9-28-20(11-16)15-2-1-7-22-13-15/h1-5,7-8,10,13,16,20H,6,9,11-12H2,(H,23,26)(H2,24,25,27). The molecule has 0 radical (unpaired) electrons. The number of rotatable bonds is 4. The number of hydrogen-bond acceptors (Lipinski definition) is 4. The molecule has 1 aliphatic rings. The number of fused-ring (bicyclic) bond motifs is 1. The summed E-state index contributed by atoms with van der Waals surface area (Å²) in [6.07, 6.45) is 6.61. The zero-order valence-corrected chi connectivity index (χ0v) is 15.4. The molecule has 3 N–H and O–H groups in total. The number of benzene rings is 1. The smallest absolute Gasteiger partial charge is 0.315 e. The quantitative estimate of drug-likeness (QED) is 0.650. The fraction of sp³-hybridized carbons (Fsp3) is 0.286. The molecule has 3 aromatic rings. The number of hydrogen-bond donors (Lipinski definition) is 3. The Morgan fingerprint density at radius 1 is 1.29 bits per heavy atom. The van der Waals surface area contributed by atoms with Gasteiger partial charge in [0.2, 0.25) is 0 Å². The summed E-state index contributed by atoms with van der Waals surface area (Å²) in [5.41, 5.74) is 2.69. The number of ether oxygens (including phenoxy) is 1. The maximum absolute atomic E-state index is 12.3. The van der Waals surface area contributed by atoms with Gasteiger partial charge in [-0.05, 0) is 42.2 Å². The fourth-order valence-electron chi connectivity index (χ4n) is 3.48. The van der Waals surface area contributed by atoms with Crippen LogP contribution in [0, 0.1) is 0 Å². The lowest BCUT2D eigenvalue weighted by Crippen LogP contribution is -2.44. The van der Waals surface area contributed by atoms with Crippen LogP contribution in [0.5, 0.6) is 0 Å². The van der Waals surface area contributed by atoms with Gasteiger partial charge in [0.05, 0.1) is 6.10 Å². The summed E-state index contributed by atoms with van der Waals surface area (Å²) in [7, 11) is 0. The van der Waals surface area contributed by atoms with Gasteiger partial charge < -0.3 is 20.4 Å². The van der Waals surface area contributed by atoms with Gasteiger partial charge >= 0.3 is 6.03 Å². The van der Waals surface area contributed by atoms with Gasteiger partial charge in [-0.1, -0.05) is 12.1 Å². The van der Waals surface area contributed by atoms with Crippen molar-refractivity contribution in [2.75, 3.05) is 6.61 Å². The van der Waals surface area contributed by atoms with Crippen molar-refractivity contribution in [1.82, 2.24) is 20.6 Å². The summed E-state index contributed by atoms with van der Waals surface area (Å²) < 4.78 is 5.81. The van der Waals surface area contributed by atoms with Gasteiger partial charge in [0.25, 0.3) is 0 Å². The zero-order valence-electron chi connectivity index (χ0n) is 15.4. The molecule has 1 aliphatic heterocycles. The number of nitrogens with zero attached hydrogens (tertiary/aromatic N) is 1. The van der Waals surface area contributed by atoms with Crippen LogP contribution in [0.25, 0.3) is 10.9 Å². The van der Waals surface area contributed by atoms with Crippen LogP contribution < -0.4 is 16.1 Å². The molecule has 28 heavy (non-hydrogen) atoms. The lowest BCUT2D eigenvalue weighted by atomic mass is 9.99. The van der Waals surface area contributed by atoms with E-state index >= 15 is 0 Å². The molecule has 2 unspecified atom stereocenters. The van der Waals surface area contributed by atoms with E-state index in [4.69, 9.17) is 4.74 Å². The van der Waals surface area contributed by atoms with E-state index < -0.39 is 0 Å². The normalized spacial score (nSPS) is 19.3. The Kier molecular flexibility index (Phi) is 5.34. The van der Waals surface area contributed by atoms with E-state index in [0.717, 1.165) is 29.5 Å².